The Kier molecular flexibility index (Phi) is 32.0. The second-order valence-electron chi connectivity index (χ2n) is 16.9. The van der Waals surface area contributed by atoms with E-state index in [0.29, 0.717) is 12.8 Å². The van der Waals surface area contributed by atoms with Crippen LogP contribution in [0.1, 0.15) is 207 Å². The number of ether oxygens (including phenoxy) is 1. The molecule has 1 saturated carbocycles. The molecule has 0 radical (unpaired) electrons. The summed E-state index contributed by atoms with van der Waals surface area (Å²) >= 11 is 0. The van der Waals surface area contributed by atoms with Crippen LogP contribution < -0.4 is 0 Å². The van der Waals surface area contributed by atoms with Gasteiger partial charge < -0.3 is 35.2 Å². The Bertz CT molecular complexity index is 1030. The Labute approximate surface area is 345 Å². The number of carbonyl (C=O) groups excluding carboxylic acids is 2. The molecule has 0 saturated heterocycles. The quantitative estimate of drug-likeness (QED) is 0.0196. The first-order valence-corrected chi connectivity index (χ1v) is 24.6. The number of rotatable bonds is 38. The Morgan fingerprint density at radius 3 is 1.39 bits per heavy atom. The minimum absolute atomic E-state index is 0.175. The number of Topliss-reactive ketones (excluding diaryl/α,β-unsaturated/α-hetero) is 1. The van der Waals surface area contributed by atoms with Crippen LogP contribution >= 0.6 is 7.82 Å². The normalized spacial score (nSPS) is 23.2. The van der Waals surface area contributed by atoms with Gasteiger partial charge in [0.25, 0.3) is 0 Å². The highest BCUT2D eigenvalue weighted by molar-refractivity contribution is 7.47. The number of phosphoric ester groups is 1. The van der Waals surface area contributed by atoms with E-state index in [1.54, 1.807) is 0 Å². The van der Waals surface area contributed by atoms with E-state index < -0.39 is 62.9 Å². The van der Waals surface area contributed by atoms with Crippen molar-refractivity contribution in [2.45, 2.75) is 244 Å². The molecule has 0 aromatic heterocycles. The summed E-state index contributed by atoms with van der Waals surface area (Å²) in [4.78, 5) is 36.3. The topological polar surface area (TPSA) is 200 Å². The lowest BCUT2D eigenvalue weighted by atomic mass is 9.85. The summed E-state index contributed by atoms with van der Waals surface area (Å²) in [7, 11) is -5.07. The Morgan fingerprint density at radius 1 is 0.526 bits per heavy atom. The number of carbonyl (C=O) groups is 2. The Morgan fingerprint density at radius 2 is 0.912 bits per heavy atom. The molecule has 13 heteroatoms. The van der Waals surface area contributed by atoms with Gasteiger partial charge in [0.15, 0.2) is 0 Å². The molecule has 1 aliphatic rings. The smallest absolute Gasteiger partial charge is 0.465 e. The van der Waals surface area contributed by atoms with E-state index in [1.165, 1.54) is 116 Å². The molecule has 5 unspecified atom stereocenters. The summed E-state index contributed by atoms with van der Waals surface area (Å²) in [6.07, 6.45) is 20.3. The fourth-order valence-electron chi connectivity index (χ4n) is 7.58. The zero-order valence-electron chi connectivity index (χ0n) is 36.1. The number of aliphatic hydroxyl groups excluding tert-OH is 5. The predicted molar refractivity (Wildman–Crippen MR) is 225 cm³/mol. The molecule has 0 aliphatic heterocycles. The molecule has 1 rings (SSSR count). The van der Waals surface area contributed by atoms with Gasteiger partial charge in [0.1, 0.15) is 49.0 Å². The van der Waals surface area contributed by atoms with Crippen LogP contribution in [0.5, 0.6) is 0 Å². The molecule has 0 bridgehead atoms. The Balaban J connectivity index is 2.46. The number of ketones is 1. The molecule has 0 heterocycles. The molecule has 0 aromatic carbocycles. The SMILES string of the molecule is CCCCCCCCCCCCCCCC(=O)C(COC(=O)CCCCCCCCCCCCC(C)CCCC)COP(=O)(O)OC1[C@H](O)[C@H](O)C(O)[C@H](O)[C@H]1O. The van der Waals surface area contributed by atoms with Crippen molar-refractivity contribution in [3.8, 4) is 0 Å². The molecule has 1 fully saturated rings. The monoisotopic (exact) mass is 837 g/mol. The van der Waals surface area contributed by atoms with E-state index in [9.17, 15) is 44.6 Å². The van der Waals surface area contributed by atoms with E-state index in [1.807, 2.05) is 0 Å². The van der Waals surface area contributed by atoms with E-state index in [2.05, 4.69) is 20.8 Å². The molecule has 338 valence electrons. The number of phosphoric acid groups is 1. The number of esters is 1. The van der Waals surface area contributed by atoms with Crippen molar-refractivity contribution in [3.63, 3.8) is 0 Å². The van der Waals surface area contributed by atoms with Gasteiger partial charge in [0, 0.05) is 12.8 Å². The molecule has 6 N–H and O–H groups in total. The van der Waals surface area contributed by atoms with Gasteiger partial charge in [0.2, 0.25) is 0 Å². The maximum absolute atomic E-state index is 13.3. The highest BCUT2D eigenvalue weighted by Crippen LogP contribution is 2.47. The largest absolute Gasteiger partial charge is 0.472 e. The lowest BCUT2D eigenvalue weighted by Crippen LogP contribution is -2.64. The first kappa shape index (κ1) is 54.1. The fraction of sp³-hybridized carbons (Fsp3) is 0.955. The van der Waals surface area contributed by atoms with Crippen LogP contribution in [0.4, 0.5) is 0 Å². The molecule has 1 aliphatic carbocycles. The van der Waals surface area contributed by atoms with Gasteiger partial charge in [-0.15, -0.1) is 0 Å². The van der Waals surface area contributed by atoms with Gasteiger partial charge in [-0.05, 0) is 18.8 Å². The third-order valence-corrected chi connectivity index (χ3v) is 12.6. The minimum Gasteiger partial charge on any atom is -0.465 e. The molecular weight excluding hydrogens is 751 g/mol. The average molecular weight is 837 g/mol. The second kappa shape index (κ2) is 33.7. The van der Waals surface area contributed by atoms with E-state index >= 15 is 0 Å². The van der Waals surface area contributed by atoms with Crippen LogP contribution in [0.25, 0.3) is 0 Å². The van der Waals surface area contributed by atoms with Gasteiger partial charge in [-0.1, -0.05) is 181 Å². The molecule has 0 aromatic rings. The summed E-state index contributed by atoms with van der Waals surface area (Å²) in [5, 5.41) is 50.2. The van der Waals surface area contributed by atoms with Gasteiger partial charge in [-0.2, -0.15) is 0 Å². The number of aliphatic hydroxyl groups is 5. The standard InChI is InChI=1S/C44H85O12P/c1-4-6-8-9-10-11-12-13-14-18-21-24-27-31-37(45)36(34-55-57(52,53)56-44-42(50)40(48)39(47)41(49)43(44)51)33-54-38(46)32-28-25-22-19-16-15-17-20-23-26-30-35(3)29-7-5-2/h35-36,39-44,47-51H,4-34H2,1-3H3,(H,52,53)/t35?,36?,39?,40-,41+,42-,43-,44?/m1/s1. The first-order chi connectivity index (χ1) is 27.3. The van der Waals surface area contributed by atoms with Gasteiger partial charge in [0.05, 0.1) is 12.5 Å². The highest BCUT2D eigenvalue weighted by Gasteiger charge is 2.51. The van der Waals surface area contributed by atoms with Gasteiger partial charge in [-0.3, -0.25) is 18.6 Å². The number of unbranched alkanes of at least 4 members (excludes halogenated alkanes) is 22. The Hall–Kier alpha value is -0.950. The van der Waals surface area contributed by atoms with Crippen LogP contribution in [0, 0.1) is 11.8 Å². The number of hydrogen-bond donors (Lipinski definition) is 6. The minimum atomic E-state index is -5.07. The highest BCUT2D eigenvalue weighted by atomic mass is 31.2. The third-order valence-electron chi connectivity index (χ3n) is 11.6. The maximum Gasteiger partial charge on any atom is 0.472 e. The maximum atomic E-state index is 13.3. The summed E-state index contributed by atoms with van der Waals surface area (Å²) < 4.78 is 28.3. The van der Waals surface area contributed by atoms with Gasteiger partial charge >= 0.3 is 13.8 Å². The summed E-state index contributed by atoms with van der Waals surface area (Å²) in [6, 6.07) is 0. The van der Waals surface area contributed by atoms with Crippen molar-refractivity contribution in [3.05, 3.63) is 0 Å². The van der Waals surface area contributed by atoms with Gasteiger partial charge in [-0.25, -0.2) is 4.57 Å². The van der Waals surface area contributed by atoms with Crippen molar-refractivity contribution in [2.24, 2.45) is 11.8 Å². The molecular formula is C44H85O12P. The lowest BCUT2D eigenvalue weighted by molar-refractivity contribution is -0.220. The van der Waals surface area contributed by atoms with Crippen LogP contribution in [0.2, 0.25) is 0 Å². The zero-order chi connectivity index (χ0) is 42.3. The summed E-state index contributed by atoms with van der Waals surface area (Å²) in [6.45, 7) is 5.87. The van der Waals surface area contributed by atoms with Crippen molar-refractivity contribution in [1.82, 2.24) is 0 Å². The average Bonchev–Trinajstić information content (AvgIpc) is 3.19. The zero-order valence-corrected chi connectivity index (χ0v) is 37.0. The van der Waals surface area contributed by atoms with Crippen LogP contribution in [0.15, 0.2) is 0 Å². The van der Waals surface area contributed by atoms with Crippen LogP contribution in [-0.2, 0) is 27.9 Å². The van der Waals surface area contributed by atoms with Crippen molar-refractivity contribution < 1.29 is 58.4 Å². The molecule has 9 atom stereocenters. The van der Waals surface area contributed by atoms with Crippen molar-refractivity contribution >= 4 is 19.6 Å². The van der Waals surface area contributed by atoms with Crippen molar-refractivity contribution in [1.29, 1.82) is 0 Å². The molecule has 12 nitrogen and oxygen atoms in total. The van der Waals surface area contributed by atoms with Crippen LogP contribution in [0.3, 0.4) is 0 Å². The lowest BCUT2D eigenvalue weighted by Gasteiger charge is -2.41. The van der Waals surface area contributed by atoms with Crippen LogP contribution in [-0.4, -0.2) is 92.0 Å². The third kappa shape index (κ3) is 26.1. The van der Waals surface area contributed by atoms with Crippen molar-refractivity contribution in [2.75, 3.05) is 13.2 Å². The molecule has 57 heavy (non-hydrogen) atoms. The predicted octanol–water partition coefficient (Wildman–Crippen LogP) is 9.02. The second-order valence-corrected chi connectivity index (χ2v) is 18.4. The van der Waals surface area contributed by atoms with E-state index in [0.717, 1.165) is 50.9 Å². The summed E-state index contributed by atoms with van der Waals surface area (Å²) in [5.41, 5.74) is 0. The van der Waals surface area contributed by atoms with E-state index in [4.69, 9.17) is 13.8 Å². The van der Waals surface area contributed by atoms with E-state index in [-0.39, 0.29) is 25.2 Å². The summed E-state index contributed by atoms with van der Waals surface area (Å²) in [5.74, 6) is -0.967. The molecule has 0 spiro atoms. The number of hydrogen-bond acceptors (Lipinski definition) is 11. The fourth-order valence-corrected chi connectivity index (χ4v) is 8.57. The molecule has 0 amide bonds. The first-order valence-electron chi connectivity index (χ1n) is 23.1.